The van der Waals surface area contributed by atoms with Crippen molar-refractivity contribution in [2.24, 2.45) is 5.41 Å². The minimum atomic E-state index is -0.725. The van der Waals surface area contributed by atoms with E-state index in [9.17, 15) is 9.59 Å². The van der Waals surface area contributed by atoms with E-state index in [1.807, 2.05) is 70.2 Å². The van der Waals surface area contributed by atoms with Gasteiger partial charge in [0, 0.05) is 0 Å². The Kier molecular flexibility index (Phi) is 5.67. The van der Waals surface area contributed by atoms with Gasteiger partial charge in [-0.3, -0.25) is 0 Å². The Morgan fingerprint density at radius 3 is 2.28 bits per heavy atom. The summed E-state index contributed by atoms with van der Waals surface area (Å²) in [5.41, 5.74) is 0.575. The fourth-order valence-corrected chi connectivity index (χ4v) is 2.82. The predicted octanol–water partition coefficient (Wildman–Crippen LogP) is 3.79. The van der Waals surface area contributed by atoms with E-state index < -0.39 is 23.5 Å². The first kappa shape index (κ1) is 18.8. The van der Waals surface area contributed by atoms with Gasteiger partial charge in [0.05, 0.1) is 13.2 Å². The SMILES string of the molecule is COC(=O)[C@@H](NC(=O)N[C@H](C)c1cccc2ccccc12)C(C)(C)C. The number of rotatable bonds is 4. The first-order valence-corrected chi connectivity index (χ1v) is 8.36. The van der Waals surface area contributed by atoms with E-state index in [0.717, 1.165) is 16.3 Å². The lowest BCUT2D eigenvalue weighted by molar-refractivity contribution is -0.145. The van der Waals surface area contributed by atoms with Gasteiger partial charge in [-0.05, 0) is 28.7 Å². The first-order valence-electron chi connectivity index (χ1n) is 8.36. The molecule has 0 aromatic heterocycles. The molecule has 0 fully saturated rings. The van der Waals surface area contributed by atoms with Crippen molar-refractivity contribution in [1.82, 2.24) is 10.6 Å². The molecule has 25 heavy (non-hydrogen) atoms. The zero-order valence-electron chi connectivity index (χ0n) is 15.4. The Morgan fingerprint density at radius 1 is 1.00 bits per heavy atom. The van der Waals surface area contributed by atoms with Crippen LogP contribution >= 0.6 is 0 Å². The van der Waals surface area contributed by atoms with Crippen LogP contribution in [-0.4, -0.2) is 25.2 Å². The van der Waals surface area contributed by atoms with Crippen molar-refractivity contribution >= 4 is 22.8 Å². The summed E-state index contributed by atoms with van der Waals surface area (Å²) in [5.74, 6) is -0.458. The minimum Gasteiger partial charge on any atom is -0.467 e. The topological polar surface area (TPSA) is 67.4 Å². The Labute approximate surface area is 148 Å². The summed E-state index contributed by atoms with van der Waals surface area (Å²) in [6.45, 7) is 7.56. The number of ether oxygens (including phenoxy) is 1. The Morgan fingerprint density at radius 2 is 1.64 bits per heavy atom. The second kappa shape index (κ2) is 7.55. The summed E-state index contributed by atoms with van der Waals surface area (Å²) in [6, 6.07) is 12.7. The largest absolute Gasteiger partial charge is 0.467 e. The highest BCUT2D eigenvalue weighted by Crippen LogP contribution is 2.24. The van der Waals surface area contributed by atoms with E-state index in [2.05, 4.69) is 10.6 Å². The molecule has 0 spiro atoms. The van der Waals surface area contributed by atoms with E-state index in [1.54, 1.807) is 0 Å². The van der Waals surface area contributed by atoms with Crippen LogP contribution in [0.1, 0.15) is 39.3 Å². The standard InChI is InChI=1S/C20H26N2O3/c1-13(15-12-8-10-14-9-6-7-11-16(14)15)21-19(24)22-17(18(23)25-5)20(2,3)4/h6-13,17H,1-5H3,(H2,21,22,24)/t13-,17-/m1/s1. The summed E-state index contributed by atoms with van der Waals surface area (Å²) in [7, 11) is 1.32. The van der Waals surface area contributed by atoms with Crippen molar-refractivity contribution in [3.8, 4) is 0 Å². The van der Waals surface area contributed by atoms with Crippen LogP contribution in [0.3, 0.4) is 0 Å². The first-order chi connectivity index (χ1) is 11.7. The number of urea groups is 1. The highest BCUT2D eigenvalue weighted by molar-refractivity contribution is 5.87. The maximum atomic E-state index is 12.4. The molecule has 0 heterocycles. The highest BCUT2D eigenvalue weighted by Gasteiger charge is 2.33. The van der Waals surface area contributed by atoms with Crippen LogP contribution in [0.4, 0.5) is 4.79 Å². The number of nitrogens with one attached hydrogen (secondary N) is 2. The van der Waals surface area contributed by atoms with Gasteiger partial charge in [0.2, 0.25) is 0 Å². The number of methoxy groups -OCH3 is 1. The van der Waals surface area contributed by atoms with Gasteiger partial charge in [-0.2, -0.15) is 0 Å². The summed E-state index contributed by atoms with van der Waals surface area (Å²) < 4.78 is 4.81. The van der Waals surface area contributed by atoms with Crippen LogP contribution in [0.5, 0.6) is 0 Å². The molecule has 5 heteroatoms. The van der Waals surface area contributed by atoms with Gasteiger partial charge in [0.15, 0.2) is 0 Å². The van der Waals surface area contributed by atoms with E-state index in [1.165, 1.54) is 7.11 Å². The Bertz CT molecular complexity index is 760. The van der Waals surface area contributed by atoms with Crippen molar-refractivity contribution in [2.75, 3.05) is 7.11 Å². The number of fused-ring (bicyclic) bond motifs is 1. The number of esters is 1. The van der Waals surface area contributed by atoms with Gasteiger partial charge >= 0.3 is 12.0 Å². The van der Waals surface area contributed by atoms with Crippen LogP contribution in [0.25, 0.3) is 10.8 Å². The third-order valence-electron chi connectivity index (χ3n) is 4.22. The van der Waals surface area contributed by atoms with E-state index >= 15 is 0 Å². The molecule has 0 bridgehead atoms. The molecule has 0 aliphatic heterocycles. The lowest BCUT2D eigenvalue weighted by Gasteiger charge is -2.29. The molecule has 2 aromatic carbocycles. The summed E-state index contributed by atoms with van der Waals surface area (Å²) in [6.07, 6.45) is 0. The second-order valence-corrected chi connectivity index (χ2v) is 7.23. The van der Waals surface area contributed by atoms with Crippen molar-refractivity contribution in [1.29, 1.82) is 0 Å². The monoisotopic (exact) mass is 342 g/mol. The normalized spacial score (nSPS) is 13.8. The van der Waals surface area contributed by atoms with Gasteiger partial charge < -0.3 is 15.4 Å². The van der Waals surface area contributed by atoms with Crippen LogP contribution in [-0.2, 0) is 9.53 Å². The molecule has 0 unspecified atom stereocenters. The molecule has 0 radical (unpaired) electrons. The van der Waals surface area contributed by atoms with Gasteiger partial charge in [-0.25, -0.2) is 9.59 Å². The summed E-state index contributed by atoms with van der Waals surface area (Å²) >= 11 is 0. The average molecular weight is 342 g/mol. The molecule has 0 aliphatic rings. The number of hydrogen-bond acceptors (Lipinski definition) is 3. The maximum absolute atomic E-state index is 12.4. The lowest BCUT2D eigenvalue weighted by Crippen LogP contribution is -2.53. The van der Waals surface area contributed by atoms with E-state index in [-0.39, 0.29) is 6.04 Å². The van der Waals surface area contributed by atoms with Crippen LogP contribution in [0, 0.1) is 5.41 Å². The zero-order chi connectivity index (χ0) is 18.6. The van der Waals surface area contributed by atoms with Crippen LogP contribution in [0.15, 0.2) is 42.5 Å². The molecule has 2 amide bonds. The molecule has 0 saturated heterocycles. The number of hydrogen-bond donors (Lipinski definition) is 2. The Hall–Kier alpha value is -2.56. The van der Waals surface area contributed by atoms with E-state index in [0.29, 0.717) is 0 Å². The third-order valence-corrected chi connectivity index (χ3v) is 4.22. The van der Waals surface area contributed by atoms with Crippen molar-refractivity contribution < 1.29 is 14.3 Å². The van der Waals surface area contributed by atoms with Crippen molar-refractivity contribution in [2.45, 2.75) is 39.8 Å². The van der Waals surface area contributed by atoms with Gasteiger partial charge in [-0.1, -0.05) is 63.2 Å². The van der Waals surface area contributed by atoms with Gasteiger partial charge in [0.1, 0.15) is 6.04 Å². The summed E-state index contributed by atoms with van der Waals surface area (Å²) in [5, 5.41) is 7.86. The molecule has 2 rings (SSSR count). The third kappa shape index (κ3) is 4.50. The molecule has 134 valence electrons. The van der Waals surface area contributed by atoms with E-state index in [4.69, 9.17) is 4.74 Å². The quantitative estimate of drug-likeness (QED) is 0.831. The number of carbonyl (C=O) groups is 2. The van der Waals surface area contributed by atoms with Crippen molar-refractivity contribution in [3.63, 3.8) is 0 Å². The smallest absolute Gasteiger partial charge is 0.328 e. The predicted molar refractivity (Wildman–Crippen MR) is 99.3 cm³/mol. The molecular weight excluding hydrogens is 316 g/mol. The molecule has 0 aliphatic carbocycles. The van der Waals surface area contributed by atoms with Gasteiger partial charge in [-0.15, -0.1) is 0 Å². The van der Waals surface area contributed by atoms with Crippen LogP contribution < -0.4 is 10.6 Å². The van der Waals surface area contributed by atoms with Crippen molar-refractivity contribution in [3.05, 3.63) is 48.0 Å². The number of benzene rings is 2. The molecule has 2 N–H and O–H groups in total. The number of carbonyl (C=O) groups excluding carboxylic acids is 2. The Balaban J connectivity index is 2.15. The fourth-order valence-electron chi connectivity index (χ4n) is 2.82. The molecule has 5 nitrogen and oxygen atoms in total. The molecule has 2 aromatic rings. The molecule has 2 atom stereocenters. The molecule has 0 saturated carbocycles. The average Bonchev–Trinajstić information content (AvgIpc) is 2.57. The highest BCUT2D eigenvalue weighted by atomic mass is 16.5. The lowest BCUT2D eigenvalue weighted by atomic mass is 9.87. The number of amides is 2. The zero-order valence-corrected chi connectivity index (χ0v) is 15.4. The molecular formula is C20H26N2O3. The second-order valence-electron chi connectivity index (χ2n) is 7.23. The summed E-state index contributed by atoms with van der Waals surface area (Å²) in [4.78, 5) is 24.4. The van der Waals surface area contributed by atoms with Gasteiger partial charge in [0.25, 0.3) is 0 Å². The maximum Gasteiger partial charge on any atom is 0.328 e. The van der Waals surface area contributed by atoms with Crippen LogP contribution in [0.2, 0.25) is 0 Å². The minimum absolute atomic E-state index is 0.204. The fraction of sp³-hybridized carbons (Fsp3) is 0.400.